The van der Waals surface area contributed by atoms with Crippen molar-refractivity contribution in [3.8, 4) is 29.4 Å². The summed E-state index contributed by atoms with van der Waals surface area (Å²) >= 11 is 1.51. The molecule has 11 heteroatoms. The van der Waals surface area contributed by atoms with Crippen LogP contribution in [0, 0.1) is 11.3 Å². The van der Waals surface area contributed by atoms with Crippen LogP contribution in [0.3, 0.4) is 0 Å². The maximum absolute atomic E-state index is 9.87. The Labute approximate surface area is 238 Å². The second kappa shape index (κ2) is 11.0. The van der Waals surface area contributed by atoms with Gasteiger partial charge in [0.2, 0.25) is 23.3 Å². The molecule has 3 aromatic rings. The van der Waals surface area contributed by atoms with E-state index in [-0.39, 0.29) is 12.2 Å². The number of nitrogen functional groups attached to an aromatic ring is 1. The van der Waals surface area contributed by atoms with Gasteiger partial charge in [-0.25, -0.2) is 0 Å². The number of nitrogens with two attached hydrogens (primary N) is 1. The molecule has 0 radical (unpaired) electrons. The molecule has 0 spiro atoms. The third kappa shape index (κ3) is 5.04. The highest BCUT2D eigenvalue weighted by molar-refractivity contribution is 7.16. The monoisotopic (exact) mass is 563 g/mol. The fourth-order valence-corrected chi connectivity index (χ4v) is 7.70. The van der Waals surface area contributed by atoms with Crippen molar-refractivity contribution in [1.29, 1.82) is 5.26 Å². The normalized spacial score (nSPS) is 24.4. The van der Waals surface area contributed by atoms with Gasteiger partial charge >= 0.3 is 0 Å². The third-order valence-electron chi connectivity index (χ3n) is 8.73. The summed E-state index contributed by atoms with van der Waals surface area (Å²) < 4.78 is 18.6. The Hall–Kier alpha value is -3.20. The molecular formula is C29H37N7O3S. The molecule has 5 heterocycles. The molecule has 0 aromatic carbocycles. The number of aryl methyl sites for hydroxylation is 1. The topological polar surface area (TPSA) is 135 Å². The predicted molar refractivity (Wildman–Crippen MR) is 153 cm³/mol. The number of likely N-dealkylation sites (tertiary alicyclic amines) is 1. The van der Waals surface area contributed by atoms with Crippen LogP contribution in [0.2, 0.25) is 0 Å². The van der Waals surface area contributed by atoms with Crippen LogP contribution in [0.1, 0.15) is 74.1 Å². The summed E-state index contributed by atoms with van der Waals surface area (Å²) in [5.41, 5.74) is 8.02. The predicted octanol–water partition coefficient (Wildman–Crippen LogP) is 4.28. The molecule has 40 heavy (non-hydrogen) atoms. The summed E-state index contributed by atoms with van der Waals surface area (Å²) in [4.78, 5) is 13.0. The minimum Gasteiger partial charge on any atom is -0.474 e. The Bertz CT molecular complexity index is 1410. The molecule has 6 rings (SSSR count). The van der Waals surface area contributed by atoms with Gasteiger partial charge in [0, 0.05) is 22.4 Å². The van der Waals surface area contributed by atoms with Gasteiger partial charge in [-0.3, -0.25) is 4.90 Å². The molecule has 2 fully saturated rings. The van der Waals surface area contributed by atoms with Gasteiger partial charge in [0.25, 0.3) is 0 Å². The Morgan fingerprint density at radius 1 is 1.23 bits per heavy atom. The number of aromatic nitrogens is 3. The first-order chi connectivity index (χ1) is 19.4. The average molecular weight is 564 g/mol. The van der Waals surface area contributed by atoms with Crippen molar-refractivity contribution in [3.05, 3.63) is 33.8 Å². The van der Waals surface area contributed by atoms with Gasteiger partial charge in [-0.2, -0.15) is 15.2 Å². The zero-order valence-corrected chi connectivity index (χ0v) is 24.2. The van der Waals surface area contributed by atoms with Crippen LogP contribution in [0.25, 0.3) is 11.6 Å². The van der Waals surface area contributed by atoms with Gasteiger partial charge in [-0.15, -0.1) is 11.3 Å². The van der Waals surface area contributed by atoms with Crippen molar-refractivity contribution in [2.24, 2.45) is 0 Å². The SMILES string of the molecule is C[C@H](Oc1cc(OC2CCNCC2)nc(-c2cc([C@@]3(C)CCCc4sc(N)c(C#N)c43)no2)n1)[C@@H]1CCCN1C. The van der Waals surface area contributed by atoms with E-state index < -0.39 is 5.41 Å². The molecule has 0 amide bonds. The van der Waals surface area contributed by atoms with Crippen molar-refractivity contribution < 1.29 is 14.0 Å². The molecule has 10 nitrogen and oxygen atoms in total. The van der Waals surface area contributed by atoms with Crippen LogP contribution in [0.15, 0.2) is 16.7 Å². The molecule has 3 N–H and O–H groups in total. The summed E-state index contributed by atoms with van der Waals surface area (Å²) in [6.45, 7) is 7.12. The molecule has 3 atom stereocenters. The number of fused-ring (bicyclic) bond motifs is 1. The summed E-state index contributed by atoms with van der Waals surface area (Å²) in [6, 6.07) is 6.34. The van der Waals surface area contributed by atoms with Crippen LogP contribution < -0.4 is 20.5 Å². The van der Waals surface area contributed by atoms with Crippen molar-refractivity contribution in [3.63, 3.8) is 0 Å². The number of ether oxygens (including phenoxy) is 2. The molecule has 3 aliphatic rings. The lowest BCUT2D eigenvalue weighted by Gasteiger charge is -2.32. The maximum Gasteiger partial charge on any atom is 0.221 e. The first-order valence-electron chi connectivity index (χ1n) is 14.3. The maximum atomic E-state index is 9.87. The number of hydrogen-bond donors (Lipinski definition) is 2. The Balaban J connectivity index is 1.33. The molecular weight excluding hydrogens is 526 g/mol. The van der Waals surface area contributed by atoms with Crippen LogP contribution in [0.4, 0.5) is 5.00 Å². The van der Waals surface area contributed by atoms with Crippen LogP contribution in [-0.2, 0) is 11.8 Å². The lowest BCUT2D eigenvalue weighted by atomic mass is 9.70. The lowest BCUT2D eigenvalue weighted by Crippen LogP contribution is -2.38. The number of piperidine rings is 1. The number of anilines is 1. The third-order valence-corrected chi connectivity index (χ3v) is 9.81. The quantitative estimate of drug-likeness (QED) is 0.429. The molecule has 2 saturated heterocycles. The molecule has 0 saturated carbocycles. The Kier molecular flexibility index (Phi) is 7.42. The molecule has 3 aromatic heterocycles. The zero-order chi connectivity index (χ0) is 27.9. The van der Waals surface area contributed by atoms with Gasteiger partial charge < -0.3 is 25.0 Å². The highest BCUT2D eigenvalue weighted by Gasteiger charge is 2.41. The zero-order valence-electron chi connectivity index (χ0n) is 23.4. The first kappa shape index (κ1) is 27.0. The van der Waals surface area contributed by atoms with Gasteiger partial charge in [0.15, 0.2) is 0 Å². The van der Waals surface area contributed by atoms with Crippen molar-refractivity contribution in [1.82, 2.24) is 25.3 Å². The minimum atomic E-state index is -0.487. The molecule has 1 aliphatic carbocycles. The molecule has 0 unspecified atom stereocenters. The van der Waals surface area contributed by atoms with E-state index >= 15 is 0 Å². The number of likely N-dealkylation sites (N-methyl/N-ethyl adjacent to an activating group) is 1. The average Bonchev–Trinajstić information content (AvgIpc) is 3.68. The van der Waals surface area contributed by atoms with Crippen LogP contribution in [-0.4, -0.2) is 65.0 Å². The van der Waals surface area contributed by atoms with E-state index in [9.17, 15) is 5.26 Å². The van der Waals surface area contributed by atoms with Crippen molar-refractivity contribution in [2.45, 2.75) is 82.5 Å². The molecule has 0 bridgehead atoms. The van der Waals surface area contributed by atoms with Gasteiger partial charge in [-0.1, -0.05) is 5.16 Å². The number of rotatable bonds is 7. The van der Waals surface area contributed by atoms with E-state index in [1.54, 1.807) is 6.07 Å². The van der Waals surface area contributed by atoms with E-state index in [4.69, 9.17) is 29.7 Å². The highest BCUT2D eigenvalue weighted by atomic mass is 32.1. The van der Waals surface area contributed by atoms with E-state index in [1.807, 2.05) is 6.07 Å². The first-order valence-corrected chi connectivity index (χ1v) is 15.1. The fraction of sp³-hybridized carbons (Fsp3) is 0.586. The smallest absolute Gasteiger partial charge is 0.221 e. The summed E-state index contributed by atoms with van der Waals surface area (Å²) in [6.07, 6.45) is 6.87. The minimum absolute atomic E-state index is 0.0414. The molecule has 212 valence electrons. The van der Waals surface area contributed by atoms with Crippen molar-refractivity contribution in [2.75, 3.05) is 32.4 Å². The highest BCUT2D eigenvalue weighted by Crippen LogP contribution is 2.49. The van der Waals surface area contributed by atoms with Gasteiger partial charge in [-0.05, 0) is 91.0 Å². The van der Waals surface area contributed by atoms with Crippen LogP contribution in [0.5, 0.6) is 11.8 Å². The summed E-state index contributed by atoms with van der Waals surface area (Å²) in [7, 11) is 2.14. The second-order valence-corrected chi connectivity index (χ2v) is 12.6. The van der Waals surface area contributed by atoms with E-state index in [0.29, 0.717) is 40.0 Å². The van der Waals surface area contributed by atoms with Crippen molar-refractivity contribution >= 4 is 16.3 Å². The van der Waals surface area contributed by atoms with E-state index in [0.717, 1.165) is 74.3 Å². The Morgan fingerprint density at radius 3 is 2.77 bits per heavy atom. The summed E-state index contributed by atoms with van der Waals surface area (Å²) in [5.74, 6) is 1.75. The Morgan fingerprint density at radius 2 is 2.02 bits per heavy atom. The van der Waals surface area contributed by atoms with Gasteiger partial charge in [0.1, 0.15) is 23.3 Å². The fourth-order valence-electron chi connectivity index (χ4n) is 6.51. The van der Waals surface area contributed by atoms with Crippen LogP contribution >= 0.6 is 11.3 Å². The standard InChI is InChI=1S/C29H37N7O3S/c1-17(20-6-5-13-36(20)3)37-24-15-25(38-18-8-11-32-12-9-18)34-28(33-24)21-14-23(35-39-21)29(2)10-4-7-22-26(29)19(16-30)27(31)40-22/h14-15,17-18,20,32H,4-13,31H2,1-3H3/t17-,20-,29+/m0/s1. The number of nitrogens with one attached hydrogen (secondary N) is 1. The lowest BCUT2D eigenvalue weighted by molar-refractivity contribution is 0.114. The second-order valence-electron chi connectivity index (χ2n) is 11.5. The number of nitriles is 1. The number of nitrogens with zero attached hydrogens (tertiary/aromatic N) is 5. The summed E-state index contributed by atoms with van der Waals surface area (Å²) in [5, 5.41) is 18.3. The number of thiophene rings is 1. The largest absolute Gasteiger partial charge is 0.474 e. The number of hydrogen-bond acceptors (Lipinski definition) is 11. The molecule has 2 aliphatic heterocycles. The van der Waals surface area contributed by atoms with Gasteiger partial charge in [0.05, 0.1) is 17.3 Å². The van der Waals surface area contributed by atoms with E-state index in [2.05, 4.69) is 42.3 Å². The van der Waals surface area contributed by atoms with E-state index in [1.165, 1.54) is 17.8 Å².